The van der Waals surface area contributed by atoms with Crippen molar-refractivity contribution in [3.05, 3.63) is 89.8 Å². The van der Waals surface area contributed by atoms with E-state index in [9.17, 15) is 9.65 Å². The van der Waals surface area contributed by atoms with E-state index in [0.717, 1.165) is 71.9 Å². The van der Waals surface area contributed by atoms with Gasteiger partial charge in [0.1, 0.15) is 17.7 Å². The van der Waals surface area contributed by atoms with E-state index in [4.69, 9.17) is 10.7 Å². The summed E-state index contributed by atoms with van der Waals surface area (Å²) in [6.07, 6.45) is 8.43. The van der Waals surface area contributed by atoms with Crippen LogP contribution in [-0.4, -0.2) is 58.9 Å². The van der Waals surface area contributed by atoms with Crippen LogP contribution in [0.5, 0.6) is 0 Å². The van der Waals surface area contributed by atoms with Crippen LogP contribution in [0.25, 0.3) is 22.2 Å². The molecule has 1 aliphatic rings. The minimum absolute atomic E-state index is 0.199. The molecule has 1 aliphatic heterocycles. The van der Waals surface area contributed by atoms with Gasteiger partial charge in [-0.3, -0.25) is 9.89 Å². The fourth-order valence-electron chi connectivity index (χ4n) is 4.70. The van der Waals surface area contributed by atoms with Gasteiger partial charge in [-0.05, 0) is 35.9 Å². The number of allylic oxidation sites excluding steroid dienone is 1. The molecule has 0 radical (unpaired) electrons. The van der Waals surface area contributed by atoms with E-state index >= 15 is 0 Å². The number of aromatic nitrogens is 3. The van der Waals surface area contributed by atoms with Crippen molar-refractivity contribution in [3.63, 3.8) is 0 Å². The quantitative estimate of drug-likeness (QED) is 0.410. The largest absolute Gasteiger partial charge is 0.404 e. The highest BCUT2D eigenvalue weighted by atomic mass is 19.1. The van der Waals surface area contributed by atoms with E-state index in [-0.39, 0.29) is 5.82 Å². The number of nitriles is 1. The highest BCUT2D eigenvalue weighted by Gasteiger charge is 2.19. The highest BCUT2D eigenvalue weighted by Crippen LogP contribution is 2.30. The van der Waals surface area contributed by atoms with Crippen molar-refractivity contribution in [1.82, 2.24) is 19.5 Å². The molecule has 37 heavy (non-hydrogen) atoms. The van der Waals surface area contributed by atoms with Gasteiger partial charge in [0.05, 0.1) is 17.3 Å². The number of pyridine rings is 2. The van der Waals surface area contributed by atoms with Crippen molar-refractivity contribution in [2.24, 2.45) is 10.7 Å². The number of nitrogens with zero attached hydrogens (tertiary/aromatic N) is 7. The van der Waals surface area contributed by atoms with E-state index < -0.39 is 0 Å². The first-order valence-electron chi connectivity index (χ1n) is 12.0. The normalized spacial score (nSPS) is 14.9. The standard InChI is InChI=1S/C28H27FN8/c1-32-15-23(13-30)22-12-26(28-24(14-31)17-34-37(28)19-22)21-5-6-27(33-16-21)36-9-7-35(8-10-36)18-20-3-2-4-25(29)11-20/h2-6,11-13,15-17,19H,7-10,18,30H2,1H3. The molecular formula is C28H27FN8. The third-order valence-electron chi connectivity index (χ3n) is 6.56. The lowest BCUT2D eigenvalue weighted by Crippen LogP contribution is -2.46. The molecular weight excluding hydrogens is 467 g/mol. The maximum atomic E-state index is 13.5. The van der Waals surface area contributed by atoms with Crippen LogP contribution < -0.4 is 10.6 Å². The van der Waals surface area contributed by atoms with Gasteiger partial charge in [0.2, 0.25) is 0 Å². The van der Waals surface area contributed by atoms with Crippen molar-refractivity contribution in [3.8, 4) is 17.2 Å². The Hall–Kier alpha value is -4.55. The molecule has 1 aromatic carbocycles. The van der Waals surface area contributed by atoms with Crippen LogP contribution in [0, 0.1) is 17.1 Å². The summed E-state index contributed by atoms with van der Waals surface area (Å²) in [5, 5.41) is 14.0. The topological polar surface area (TPSA) is 98.8 Å². The number of rotatable bonds is 6. The number of nitrogens with two attached hydrogens (primary N) is 1. The Bertz CT molecular complexity index is 1510. The maximum Gasteiger partial charge on any atom is 0.128 e. The molecule has 8 nitrogen and oxygen atoms in total. The summed E-state index contributed by atoms with van der Waals surface area (Å²) in [5.41, 5.74) is 11.3. The number of hydrogen-bond donors (Lipinski definition) is 1. The van der Waals surface area contributed by atoms with Crippen LogP contribution in [0.15, 0.2) is 72.2 Å². The average Bonchev–Trinajstić information content (AvgIpc) is 3.35. The van der Waals surface area contributed by atoms with E-state index in [1.807, 2.05) is 36.7 Å². The number of anilines is 1. The molecule has 3 aromatic heterocycles. The van der Waals surface area contributed by atoms with Gasteiger partial charge in [-0.15, -0.1) is 0 Å². The Morgan fingerprint density at radius 1 is 1.16 bits per heavy atom. The first-order valence-corrected chi connectivity index (χ1v) is 12.0. The molecule has 4 aromatic rings. The van der Waals surface area contributed by atoms with Crippen molar-refractivity contribution >= 4 is 23.1 Å². The van der Waals surface area contributed by atoms with E-state index in [0.29, 0.717) is 5.56 Å². The number of hydrogen-bond acceptors (Lipinski definition) is 7. The Kier molecular flexibility index (Phi) is 6.92. The second kappa shape index (κ2) is 10.6. The summed E-state index contributed by atoms with van der Waals surface area (Å²) < 4.78 is 15.2. The summed E-state index contributed by atoms with van der Waals surface area (Å²) in [6.45, 7) is 4.15. The van der Waals surface area contributed by atoms with Gasteiger partial charge in [0.25, 0.3) is 0 Å². The third kappa shape index (κ3) is 5.06. The predicted octanol–water partition coefficient (Wildman–Crippen LogP) is 3.73. The second-order valence-corrected chi connectivity index (χ2v) is 8.91. The molecule has 4 heterocycles. The van der Waals surface area contributed by atoms with Crippen molar-refractivity contribution in [2.75, 3.05) is 38.1 Å². The van der Waals surface area contributed by atoms with Crippen LogP contribution in [0.2, 0.25) is 0 Å². The molecule has 0 amide bonds. The summed E-state index contributed by atoms with van der Waals surface area (Å²) in [6, 6.07) is 15.0. The van der Waals surface area contributed by atoms with Gasteiger partial charge in [0, 0.05) is 86.8 Å². The first kappa shape index (κ1) is 24.2. The van der Waals surface area contributed by atoms with Gasteiger partial charge in [0.15, 0.2) is 0 Å². The summed E-state index contributed by atoms with van der Waals surface area (Å²) >= 11 is 0. The van der Waals surface area contributed by atoms with Crippen LogP contribution in [0.3, 0.4) is 0 Å². The van der Waals surface area contributed by atoms with Gasteiger partial charge < -0.3 is 10.6 Å². The SMILES string of the molecule is CN=CC(=CN)c1cc(-c2ccc(N3CCN(Cc4cccc(F)c4)CC3)nc2)c2c(C#N)cnn2c1. The predicted molar refractivity (Wildman–Crippen MR) is 144 cm³/mol. The van der Waals surface area contributed by atoms with Crippen LogP contribution in [-0.2, 0) is 6.54 Å². The minimum Gasteiger partial charge on any atom is -0.404 e. The lowest BCUT2D eigenvalue weighted by Gasteiger charge is -2.35. The van der Waals surface area contributed by atoms with Gasteiger partial charge >= 0.3 is 0 Å². The van der Waals surface area contributed by atoms with Crippen LogP contribution >= 0.6 is 0 Å². The second-order valence-electron chi connectivity index (χ2n) is 8.91. The first-order chi connectivity index (χ1) is 18.1. The molecule has 0 spiro atoms. The van der Waals surface area contributed by atoms with Crippen molar-refractivity contribution < 1.29 is 4.39 Å². The fraction of sp³-hybridized carbons (Fsp3) is 0.214. The molecule has 0 unspecified atom stereocenters. The molecule has 1 saturated heterocycles. The third-order valence-corrected chi connectivity index (χ3v) is 6.56. The molecule has 0 aliphatic carbocycles. The molecule has 9 heteroatoms. The monoisotopic (exact) mass is 494 g/mol. The Morgan fingerprint density at radius 2 is 2.00 bits per heavy atom. The lowest BCUT2D eigenvalue weighted by molar-refractivity contribution is 0.249. The summed E-state index contributed by atoms with van der Waals surface area (Å²) in [7, 11) is 1.69. The van der Waals surface area contributed by atoms with E-state index in [1.165, 1.54) is 12.3 Å². The zero-order valence-electron chi connectivity index (χ0n) is 20.5. The molecule has 0 bridgehead atoms. The van der Waals surface area contributed by atoms with E-state index in [2.05, 4.69) is 26.0 Å². The Labute approximate surface area is 214 Å². The number of fused-ring (bicyclic) bond motifs is 1. The van der Waals surface area contributed by atoms with Crippen molar-refractivity contribution in [2.45, 2.75) is 6.54 Å². The smallest absolute Gasteiger partial charge is 0.128 e. The number of piperazine rings is 1. The molecule has 0 saturated carbocycles. The Morgan fingerprint density at radius 3 is 2.68 bits per heavy atom. The molecule has 186 valence electrons. The lowest BCUT2D eigenvalue weighted by atomic mass is 10.0. The molecule has 2 N–H and O–H groups in total. The summed E-state index contributed by atoms with van der Waals surface area (Å²) in [5.74, 6) is 0.700. The minimum atomic E-state index is -0.199. The number of benzene rings is 1. The fourth-order valence-corrected chi connectivity index (χ4v) is 4.70. The van der Waals surface area contributed by atoms with Gasteiger partial charge in [-0.25, -0.2) is 13.9 Å². The van der Waals surface area contributed by atoms with E-state index in [1.54, 1.807) is 36.1 Å². The van der Waals surface area contributed by atoms with Crippen LogP contribution in [0.4, 0.5) is 10.2 Å². The van der Waals surface area contributed by atoms with Crippen LogP contribution in [0.1, 0.15) is 16.7 Å². The Balaban J connectivity index is 1.37. The molecule has 5 rings (SSSR count). The van der Waals surface area contributed by atoms with Gasteiger partial charge in [-0.1, -0.05) is 12.1 Å². The number of halogens is 1. The number of aliphatic imine (C=N–C) groups is 1. The molecule has 1 fully saturated rings. The van der Waals surface area contributed by atoms with Crippen molar-refractivity contribution in [1.29, 1.82) is 5.26 Å². The zero-order valence-corrected chi connectivity index (χ0v) is 20.5. The maximum absolute atomic E-state index is 13.5. The highest BCUT2D eigenvalue weighted by molar-refractivity contribution is 6.10. The zero-order chi connectivity index (χ0) is 25.8. The molecule has 0 atom stereocenters. The average molecular weight is 495 g/mol. The summed E-state index contributed by atoms with van der Waals surface area (Å²) in [4.78, 5) is 13.4. The van der Waals surface area contributed by atoms with Gasteiger partial charge in [-0.2, -0.15) is 10.4 Å².